The molecule has 4 aromatic rings. The first kappa shape index (κ1) is 17.5. The fourth-order valence-electron chi connectivity index (χ4n) is 2.84. The Bertz CT molecular complexity index is 1170. The van der Waals surface area contributed by atoms with Gasteiger partial charge in [-0.1, -0.05) is 24.3 Å². The third-order valence-corrected chi connectivity index (χ3v) is 4.21. The fourth-order valence-corrected chi connectivity index (χ4v) is 2.84. The maximum atomic E-state index is 13.6. The average molecular weight is 380 g/mol. The van der Waals surface area contributed by atoms with E-state index in [1.54, 1.807) is 16.6 Å². The molecule has 140 valence electrons. The minimum atomic E-state index is -0.750. The van der Waals surface area contributed by atoms with Crippen LogP contribution in [-0.2, 0) is 6.54 Å². The van der Waals surface area contributed by atoms with Crippen LogP contribution in [0.3, 0.4) is 0 Å². The van der Waals surface area contributed by atoms with Crippen LogP contribution in [0.2, 0.25) is 0 Å². The van der Waals surface area contributed by atoms with Gasteiger partial charge in [0.15, 0.2) is 17.3 Å². The van der Waals surface area contributed by atoms with Crippen LogP contribution in [0.4, 0.5) is 14.6 Å². The molecule has 1 aromatic carbocycles. The molecule has 3 N–H and O–H groups in total. The largest absolute Gasteiger partial charge is 0.365 e. The van der Waals surface area contributed by atoms with Crippen LogP contribution in [0.1, 0.15) is 15.9 Å². The number of aromatic nitrogens is 4. The first-order valence-electron chi connectivity index (χ1n) is 8.29. The molecule has 0 fully saturated rings. The van der Waals surface area contributed by atoms with Crippen LogP contribution < -0.4 is 11.1 Å². The number of amides is 1. The second-order valence-electron chi connectivity index (χ2n) is 6.03. The predicted octanol–water partition coefficient (Wildman–Crippen LogP) is 2.78. The molecule has 3 aromatic heterocycles. The van der Waals surface area contributed by atoms with Gasteiger partial charge in [-0.3, -0.25) is 4.79 Å². The first-order chi connectivity index (χ1) is 13.5. The van der Waals surface area contributed by atoms with Crippen molar-refractivity contribution in [2.24, 2.45) is 5.73 Å². The predicted molar refractivity (Wildman–Crippen MR) is 98.4 cm³/mol. The second-order valence-corrected chi connectivity index (χ2v) is 6.03. The number of carbonyl (C=O) groups is 1. The molecule has 0 bridgehead atoms. The van der Waals surface area contributed by atoms with Gasteiger partial charge >= 0.3 is 0 Å². The van der Waals surface area contributed by atoms with Crippen LogP contribution in [0.5, 0.6) is 0 Å². The van der Waals surface area contributed by atoms with Crippen LogP contribution >= 0.6 is 0 Å². The molecular weight excluding hydrogens is 366 g/mol. The number of nitrogens with zero attached hydrogens (tertiary/aromatic N) is 4. The zero-order chi connectivity index (χ0) is 19.7. The van der Waals surface area contributed by atoms with Gasteiger partial charge in [0, 0.05) is 18.2 Å². The lowest BCUT2D eigenvalue weighted by atomic mass is 10.1. The summed E-state index contributed by atoms with van der Waals surface area (Å²) in [5, 5.41) is 6.99. The summed E-state index contributed by atoms with van der Waals surface area (Å²) < 4.78 is 28.1. The molecule has 7 nitrogen and oxygen atoms in total. The Morgan fingerprint density at radius 3 is 2.61 bits per heavy atom. The van der Waals surface area contributed by atoms with Gasteiger partial charge in [0.1, 0.15) is 12.1 Å². The molecule has 0 spiro atoms. The summed E-state index contributed by atoms with van der Waals surface area (Å²) in [4.78, 5) is 19.3. The Kier molecular flexibility index (Phi) is 4.40. The Morgan fingerprint density at radius 1 is 1.11 bits per heavy atom. The van der Waals surface area contributed by atoms with Crippen LogP contribution in [0.15, 0.2) is 55.0 Å². The third kappa shape index (κ3) is 3.25. The smallest absolute Gasteiger partial charge is 0.252 e. The number of benzene rings is 1. The fraction of sp³-hybridized carbons (Fsp3) is 0.0526. The van der Waals surface area contributed by atoms with Gasteiger partial charge in [0.25, 0.3) is 5.91 Å². The highest BCUT2D eigenvalue weighted by molar-refractivity contribution is 5.99. The minimum Gasteiger partial charge on any atom is -0.365 e. The molecule has 0 unspecified atom stereocenters. The standard InChI is InChI=1S/C19H14F2N6O/c20-13-7-15(21)18(24-9-13)23-8-11-1-3-12(4-2-11)16-6-5-14(17(22)28)19-25-10-26-27(16)19/h1-7,9-10H,8H2,(H2,22,28)(H,23,24). The van der Waals surface area contributed by atoms with Crippen LogP contribution in [0, 0.1) is 11.6 Å². The number of nitrogens with one attached hydrogen (secondary N) is 1. The van der Waals surface area contributed by atoms with Crippen molar-refractivity contribution in [1.29, 1.82) is 0 Å². The highest BCUT2D eigenvalue weighted by Gasteiger charge is 2.13. The van der Waals surface area contributed by atoms with Gasteiger partial charge < -0.3 is 11.1 Å². The number of rotatable bonds is 5. The highest BCUT2D eigenvalue weighted by atomic mass is 19.1. The van der Waals surface area contributed by atoms with E-state index in [2.05, 4.69) is 20.4 Å². The number of hydrogen-bond donors (Lipinski definition) is 2. The molecule has 0 aliphatic heterocycles. The van der Waals surface area contributed by atoms with Gasteiger partial charge in [-0.2, -0.15) is 5.10 Å². The van der Waals surface area contributed by atoms with E-state index < -0.39 is 17.5 Å². The maximum Gasteiger partial charge on any atom is 0.252 e. The number of anilines is 1. The highest BCUT2D eigenvalue weighted by Crippen LogP contribution is 2.22. The molecule has 1 amide bonds. The van der Waals surface area contributed by atoms with Crippen molar-refractivity contribution in [2.45, 2.75) is 6.54 Å². The van der Waals surface area contributed by atoms with E-state index in [0.717, 1.165) is 29.1 Å². The zero-order valence-electron chi connectivity index (χ0n) is 14.4. The van der Waals surface area contributed by atoms with Crippen molar-refractivity contribution in [1.82, 2.24) is 19.6 Å². The number of pyridine rings is 2. The summed E-state index contributed by atoms with van der Waals surface area (Å²) in [6.45, 7) is 0.315. The van der Waals surface area contributed by atoms with E-state index in [4.69, 9.17) is 5.73 Å². The van der Waals surface area contributed by atoms with Crippen molar-refractivity contribution in [3.05, 3.63) is 77.8 Å². The van der Waals surface area contributed by atoms with E-state index in [9.17, 15) is 13.6 Å². The number of halogens is 2. The van der Waals surface area contributed by atoms with E-state index in [-0.39, 0.29) is 11.4 Å². The molecular formula is C19H14F2N6O. The van der Waals surface area contributed by atoms with E-state index in [0.29, 0.717) is 12.2 Å². The van der Waals surface area contributed by atoms with Crippen molar-refractivity contribution >= 4 is 17.4 Å². The summed E-state index contributed by atoms with van der Waals surface area (Å²) in [6.07, 6.45) is 2.31. The Morgan fingerprint density at radius 2 is 1.89 bits per heavy atom. The maximum absolute atomic E-state index is 13.6. The lowest BCUT2D eigenvalue weighted by Gasteiger charge is -2.09. The van der Waals surface area contributed by atoms with Crippen molar-refractivity contribution < 1.29 is 13.6 Å². The van der Waals surface area contributed by atoms with Gasteiger partial charge in [0.2, 0.25) is 0 Å². The third-order valence-electron chi connectivity index (χ3n) is 4.21. The molecule has 9 heteroatoms. The molecule has 3 heterocycles. The zero-order valence-corrected chi connectivity index (χ0v) is 14.4. The van der Waals surface area contributed by atoms with Gasteiger partial charge in [-0.25, -0.2) is 23.3 Å². The molecule has 0 aliphatic rings. The minimum absolute atomic E-state index is 0.0168. The van der Waals surface area contributed by atoms with E-state index in [1.807, 2.05) is 24.3 Å². The summed E-state index contributed by atoms with van der Waals surface area (Å²) in [5.74, 6) is -2.07. The van der Waals surface area contributed by atoms with Crippen molar-refractivity contribution in [3.63, 3.8) is 0 Å². The van der Waals surface area contributed by atoms with E-state index in [1.165, 1.54) is 6.33 Å². The molecule has 0 saturated heterocycles. The van der Waals surface area contributed by atoms with Crippen molar-refractivity contribution in [3.8, 4) is 11.3 Å². The van der Waals surface area contributed by atoms with Crippen LogP contribution in [-0.4, -0.2) is 25.5 Å². The van der Waals surface area contributed by atoms with Crippen LogP contribution in [0.25, 0.3) is 16.9 Å². The molecule has 0 saturated carbocycles. The Labute approximate surface area is 157 Å². The van der Waals surface area contributed by atoms with Gasteiger partial charge in [-0.15, -0.1) is 0 Å². The molecule has 0 atom stereocenters. The SMILES string of the molecule is NC(=O)c1ccc(-c2ccc(CNc3ncc(F)cc3F)cc2)n2ncnc12. The Hall–Kier alpha value is -3.88. The second kappa shape index (κ2) is 7.03. The summed E-state index contributed by atoms with van der Waals surface area (Å²) in [7, 11) is 0. The summed E-state index contributed by atoms with van der Waals surface area (Å²) in [6, 6.07) is 11.6. The Balaban J connectivity index is 1.57. The number of primary amides is 1. The number of nitrogens with two attached hydrogens (primary N) is 1. The molecule has 28 heavy (non-hydrogen) atoms. The molecule has 0 aliphatic carbocycles. The van der Waals surface area contributed by atoms with Crippen molar-refractivity contribution in [2.75, 3.05) is 5.32 Å². The monoisotopic (exact) mass is 380 g/mol. The summed E-state index contributed by atoms with van der Waals surface area (Å²) >= 11 is 0. The van der Waals surface area contributed by atoms with Gasteiger partial charge in [-0.05, 0) is 17.7 Å². The topological polar surface area (TPSA) is 98.2 Å². The average Bonchev–Trinajstić information content (AvgIpc) is 3.17. The van der Waals surface area contributed by atoms with E-state index >= 15 is 0 Å². The first-order valence-corrected chi connectivity index (χ1v) is 8.29. The van der Waals surface area contributed by atoms with Gasteiger partial charge in [0.05, 0.1) is 17.5 Å². The quantitative estimate of drug-likeness (QED) is 0.555. The molecule has 0 radical (unpaired) electrons. The number of hydrogen-bond acceptors (Lipinski definition) is 5. The lowest BCUT2D eigenvalue weighted by Crippen LogP contribution is -2.13. The lowest BCUT2D eigenvalue weighted by molar-refractivity contribution is 0.100. The molecule has 4 rings (SSSR count). The normalized spacial score (nSPS) is 10.9. The number of fused-ring (bicyclic) bond motifs is 1. The number of carbonyl (C=O) groups excluding carboxylic acids is 1. The summed E-state index contributed by atoms with van der Waals surface area (Å²) in [5.41, 5.74) is 8.50.